The molecule has 0 saturated heterocycles. The molecular formula is C15H29N3O2. The molecule has 0 heterocycles. The number of carbonyl (C=O) groups is 2. The van der Waals surface area contributed by atoms with E-state index in [1.807, 2.05) is 0 Å². The third-order valence-electron chi connectivity index (χ3n) is 4.15. The minimum absolute atomic E-state index is 0.276. The summed E-state index contributed by atoms with van der Waals surface area (Å²) >= 11 is 0. The minimum atomic E-state index is -0.457. The number of nitrogens with one attached hydrogen (secondary N) is 3. The standard InChI is InChI=1S/C15H29N3O2/c1-11(2)9-15(7-5-6-8-15)10-17-12(3)13(19)18-14(20)16-4/h11-12,17H,5-10H2,1-4H3,(H2,16,18,19,20). The molecule has 0 bridgehead atoms. The molecule has 3 amide bonds. The van der Waals surface area contributed by atoms with Crippen LogP contribution in [0.2, 0.25) is 0 Å². The number of carbonyl (C=O) groups excluding carboxylic acids is 2. The van der Waals surface area contributed by atoms with Crippen LogP contribution in [-0.4, -0.2) is 31.6 Å². The molecule has 1 aliphatic rings. The number of amides is 3. The largest absolute Gasteiger partial charge is 0.341 e. The highest BCUT2D eigenvalue weighted by molar-refractivity contribution is 5.96. The summed E-state index contributed by atoms with van der Waals surface area (Å²) in [4.78, 5) is 22.9. The summed E-state index contributed by atoms with van der Waals surface area (Å²) in [5.41, 5.74) is 0.329. The molecule has 0 spiro atoms. The van der Waals surface area contributed by atoms with Crippen molar-refractivity contribution in [3.05, 3.63) is 0 Å². The van der Waals surface area contributed by atoms with Gasteiger partial charge in [0.1, 0.15) is 0 Å². The molecule has 1 atom stereocenters. The molecule has 0 aromatic rings. The third-order valence-corrected chi connectivity index (χ3v) is 4.15. The minimum Gasteiger partial charge on any atom is -0.341 e. The van der Waals surface area contributed by atoms with E-state index in [4.69, 9.17) is 0 Å². The highest BCUT2D eigenvalue weighted by Gasteiger charge is 2.34. The molecule has 1 fully saturated rings. The Balaban J connectivity index is 2.46. The Kier molecular flexibility index (Phi) is 6.46. The van der Waals surface area contributed by atoms with Crippen LogP contribution in [0, 0.1) is 11.3 Å². The van der Waals surface area contributed by atoms with Crippen molar-refractivity contribution in [1.29, 1.82) is 0 Å². The highest BCUT2D eigenvalue weighted by Crippen LogP contribution is 2.42. The predicted molar refractivity (Wildman–Crippen MR) is 80.4 cm³/mol. The average molecular weight is 283 g/mol. The van der Waals surface area contributed by atoms with Gasteiger partial charge in [0, 0.05) is 13.6 Å². The SMILES string of the molecule is CNC(=O)NC(=O)C(C)NCC1(CC(C)C)CCCC1. The summed E-state index contributed by atoms with van der Waals surface area (Å²) in [5.74, 6) is 0.395. The molecule has 1 saturated carbocycles. The zero-order valence-corrected chi connectivity index (χ0v) is 13.2. The first-order chi connectivity index (χ1) is 9.38. The molecule has 0 aromatic heterocycles. The van der Waals surface area contributed by atoms with Crippen LogP contribution in [0.15, 0.2) is 0 Å². The van der Waals surface area contributed by atoms with E-state index in [0.717, 1.165) is 6.54 Å². The first kappa shape index (κ1) is 17.0. The number of imide groups is 1. The van der Waals surface area contributed by atoms with Crippen molar-refractivity contribution < 1.29 is 9.59 Å². The summed E-state index contributed by atoms with van der Waals surface area (Å²) in [5, 5.41) is 8.00. The monoisotopic (exact) mass is 283 g/mol. The van der Waals surface area contributed by atoms with Gasteiger partial charge in [-0.25, -0.2) is 4.79 Å². The van der Waals surface area contributed by atoms with E-state index in [9.17, 15) is 9.59 Å². The van der Waals surface area contributed by atoms with Gasteiger partial charge in [-0.1, -0.05) is 26.7 Å². The summed E-state index contributed by atoms with van der Waals surface area (Å²) < 4.78 is 0. The Hall–Kier alpha value is -1.10. The second kappa shape index (κ2) is 7.62. The Morgan fingerprint density at radius 3 is 2.25 bits per heavy atom. The molecule has 20 heavy (non-hydrogen) atoms. The maximum Gasteiger partial charge on any atom is 0.321 e. The lowest BCUT2D eigenvalue weighted by atomic mass is 9.78. The quantitative estimate of drug-likeness (QED) is 0.698. The van der Waals surface area contributed by atoms with Gasteiger partial charge >= 0.3 is 6.03 Å². The van der Waals surface area contributed by atoms with Gasteiger partial charge in [-0.2, -0.15) is 0 Å². The molecule has 0 aromatic carbocycles. The van der Waals surface area contributed by atoms with Crippen LogP contribution in [0.1, 0.15) is 52.9 Å². The van der Waals surface area contributed by atoms with Gasteiger partial charge in [0.25, 0.3) is 0 Å². The van der Waals surface area contributed by atoms with Crippen molar-refractivity contribution in [1.82, 2.24) is 16.0 Å². The molecular weight excluding hydrogens is 254 g/mol. The Labute approximate surface area is 122 Å². The normalized spacial score (nSPS) is 18.9. The van der Waals surface area contributed by atoms with Crippen LogP contribution in [0.5, 0.6) is 0 Å². The summed E-state index contributed by atoms with van der Waals surface area (Å²) in [6.45, 7) is 7.16. The van der Waals surface area contributed by atoms with Crippen LogP contribution >= 0.6 is 0 Å². The molecule has 5 heteroatoms. The Morgan fingerprint density at radius 1 is 1.15 bits per heavy atom. The molecule has 5 nitrogen and oxygen atoms in total. The first-order valence-electron chi connectivity index (χ1n) is 7.64. The third kappa shape index (κ3) is 5.12. The van der Waals surface area contributed by atoms with Crippen molar-refractivity contribution >= 4 is 11.9 Å². The van der Waals surface area contributed by atoms with E-state index in [1.165, 1.54) is 39.2 Å². The van der Waals surface area contributed by atoms with E-state index >= 15 is 0 Å². The van der Waals surface area contributed by atoms with E-state index in [0.29, 0.717) is 11.3 Å². The fourth-order valence-electron chi connectivity index (χ4n) is 3.19. The van der Waals surface area contributed by atoms with Gasteiger partial charge in [-0.15, -0.1) is 0 Å². The van der Waals surface area contributed by atoms with Gasteiger partial charge in [0.05, 0.1) is 6.04 Å². The first-order valence-corrected chi connectivity index (χ1v) is 7.64. The number of rotatable bonds is 6. The van der Waals surface area contributed by atoms with E-state index in [1.54, 1.807) is 6.92 Å². The fourth-order valence-corrected chi connectivity index (χ4v) is 3.19. The lowest BCUT2D eigenvalue weighted by Crippen LogP contribution is -2.49. The van der Waals surface area contributed by atoms with Gasteiger partial charge in [0.15, 0.2) is 0 Å². The summed E-state index contributed by atoms with van der Waals surface area (Å²) in [7, 11) is 1.50. The molecule has 116 valence electrons. The van der Waals surface area contributed by atoms with Crippen molar-refractivity contribution in [2.75, 3.05) is 13.6 Å². The van der Waals surface area contributed by atoms with Crippen molar-refractivity contribution in [2.24, 2.45) is 11.3 Å². The van der Waals surface area contributed by atoms with Crippen molar-refractivity contribution in [3.63, 3.8) is 0 Å². The van der Waals surface area contributed by atoms with Crippen LogP contribution in [-0.2, 0) is 4.79 Å². The lowest BCUT2D eigenvalue weighted by molar-refractivity contribution is -0.121. The smallest absolute Gasteiger partial charge is 0.321 e. The van der Waals surface area contributed by atoms with Gasteiger partial charge in [-0.05, 0) is 37.5 Å². The number of hydrogen-bond donors (Lipinski definition) is 3. The lowest BCUT2D eigenvalue weighted by Gasteiger charge is -2.32. The van der Waals surface area contributed by atoms with E-state index < -0.39 is 6.03 Å². The molecule has 0 aliphatic heterocycles. The molecule has 0 radical (unpaired) electrons. The molecule has 1 unspecified atom stereocenters. The van der Waals surface area contributed by atoms with Crippen molar-refractivity contribution in [3.8, 4) is 0 Å². The average Bonchev–Trinajstić information content (AvgIpc) is 2.83. The fraction of sp³-hybridized carbons (Fsp3) is 0.867. The molecule has 1 rings (SSSR count). The second-order valence-corrected chi connectivity index (χ2v) is 6.48. The van der Waals surface area contributed by atoms with Crippen LogP contribution in [0.25, 0.3) is 0 Å². The molecule has 3 N–H and O–H groups in total. The Morgan fingerprint density at radius 2 is 1.75 bits per heavy atom. The van der Waals surface area contributed by atoms with Gasteiger partial charge in [-0.3, -0.25) is 10.1 Å². The van der Waals surface area contributed by atoms with E-state index in [2.05, 4.69) is 29.8 Å². The van der Waals surface area contributed by atoms with Gasteiger partial charge < -0.3 is 10.6 Å². The maximum absolute atomic E-state index is 11.8. The summed E-state index contributed by atoms with van der Waals surface area (Å²) in [6, 6.07) is -0.807. The zero-order valence-electron chi connectivity index (χ0n) is 13.2. The maximum atomic E-state index is 11.8. The van der Waals surface area contributed by atoms with Gasteiger partial charge in [0.2, 0.25) is 5.91 Å². The number of hydrogen-bond acceptors (Lipinski definition) is 3. The van der Waals surface area contributed by atoms with E-state index in [-0.39, 0.29) is 11.9 Å². The topological polar surface area (TPSA) is 70.2 Å². The van der Waals surface area contributed by atoms with Crippen LogP contribution < -0.4 is 16.0 Å². The highest BCUT2D eigenvalue weighted by atomic mass is 16.2. The van der Waals surface area contributed by atoms with Crippen LogP contribution in [0.4, 0.5) is 4.79 Å². The predicted octanol–water partition coefficient (Wildman–Crippen LogP) is 2.03. The van der Waals surface area contributed by atoms with Crippen LogP contribution in [0.3, 0.4) is 0 Å². The second-order valence-electron chi connectivity index (χ2n) is 6.48. The zero-order chi connectivity index (χ0) is 15.2. The van der Waals surface area contributed by atoms with Crippen molar-refractivity contribution in [2.45, 2.75) is 58.9 Å². The summed E-state index contributed by atoms with van der Waals surface area (Å²) in [6.07, 6.45) is 6.24. The Bertz CT molecular complexity index is 336. The number of urea groups is 1. The molecule has 1 aliphatic carbocycles.